The van der Waals surface area contributed by atoms with E-state index in [0.717, 1.165) is 17.5 Å². The van der Waals surface area contributed by atoms with E-state index >= 15 is 0 Å². The van der Waals surface area contributed by atoms with E-state index in [2.05, 4.69) is 15.3 Å². The summed E-state index contributed by atoms with van der Waals surface area (Å²) in [5, 5.41) is 10.4. The first kappa shape index (κ1) is 21.1. The number of hydrogen-bond acceptors (Lipinski definition) is 7. The van der Waals surface area contributed by atoms with Crippen molar-refractivity contribution in [2.75, 3.05) is 5.73 Å². The number of fused-ring (bicyclic) bond motifs is 1. The Balaban J connectivity index is 1.79. The van der Waals surface area contributed by atoms with Crippen molar-refractivity contribution in [3.8, 4) is 17.3 Å². The molecule has 0 amide bonds. The summed E-state index contributed by atoms with van der Waals surface area (Å²) in [7, 11) is 0. The van der Waals surface area contributed by atoms with Crippen LogP contribution in [0.3, 0.4) is 0 Å². The summed E-state index contributed by atoms with van der Waals surface area (Å²) in [6.07, 6.45) is 2.38. The number of nitrogens with two attached hydrogens (primary N) is 1. The van der Waals surface area contributed by atoms with Gasteiger partial charge in [-0.05, 0) is 36.8 Å². The lowest BCUT2D eigenvalue weighted by Gasteiger charge is -2.31. The first-order valence-electron chi connectivity index (χ1n) is 9.37. The Morgan fingerprint density at radius 3 is 2.52 bits per heavy atom. The molecule has 4 rings (SSSR count). The molecule has 0 bridgehead atoms. The second-order valence-corrected chi connectivity index (χ2v) is 8.66. The fraction of sp³-hybridized carbons (Fsp3) is 0.316. The van der Waals surface area contributed by atoms with Crippen LogP contribution in [0.4, 0.5) is 5.82 Å². The van der Waals surface area contributed by atoms with Gasteiger partial charge >= 0.3 is 5.69 Å². The third-order valence-corrected chi connectivity index (χ3v) is 5.79. The van der Waals surface area contributed by atoms with Crippen LogP contribution in [0.15, 0.2) is 26.5 Å². The maximum atomic E-state index is 12.4. The molecule has 0 fully saturated rings. The van der Waals surface area contributed by atoms with Gasteiger partial charge in [0.15, 0.2) is 5.75 Å². The minimum Gasteiger partial charge on any atom is -0.434 e. The van der Waals surface area contributed by atoms with Crippen molar-refractivity contribution in [2.45, 2.75) is 38.5 Å². The van der Waals surface area contributed by atoms with Crippen molar-refractivity contribution in [2.24, 2.45) is 0 Å². The summed E-state index contributed by atoms with van der Waals surface area (Å²) < 4.78 is 6.78. The molecule has 162 valence electrons. The zero-order valence-electron chi connectivity index (χ0n) is 16.6. The van der Waals surface area contributed by atoms with Gasteiger partial charge in [-0.2, -0.15) is 4.68 Å². The minimum absolute atomic E-state index is 0.0674. The van der Waals surface area contributed by atoms with Gasteiger partial charge in [0.25, 0.3) is 11.1 Å². The normalized spacial score (nSPS) is 14.8. The molecule has 2 heterocycles. The first-order chi connectivity index (χ1) is 14.6. The van der Waals surface area contributed by atoms with Crippen LogP contribution in [0, 0.1) is 0 Å². The van der Waals surface area contributed by atoms with Gasteiger partial charge in [0.05, 0.1) is 15.7 Å². The number of anilines is 1. The number of nitrogens with zero attached hydrogens (tertiary/aromatic N) is 3. The smallest absolute Gasteiger partial charge is 0.349 e. The van der Waals surface area contributed by atoms with E-state index in [1.807, 2.05) is 18.8 Å². The van der Waals surface area contributed by atoms with Gasteiger partial charge in [0, 0.05) is 11.1 Å². The van der Waals surface area contributed by atoms with Crippen LogP contribution in [-0.2, 0) is 11.8 Å². The highest BCUT2D eigenvalue weighted by atomic mass is 35.5. The third kappa shape index (κ3) is 3.72. The molecule has 12 heteroatoms. The van der Waals surface area contributed by atoms with Crippen LogP contribution < -0.4 is 27.3 Å². The lowest BCUT2D eigenvalue weighted by molar-refractivity contribution is 0.394. The maximum absolute atomic E-state index is 12.4. The summed E-state index contributed by atoms with van der Waals surface area (Å²) in [6, 6.07) is 2.77. The summed E-state index contributed by atoms with van der Waals surface area (Å²) in [4.78, 5) is 38.0. The molecule has 0 saturated heterocycles. The molecule has 1 aliphatic carbocycles. The summed E-state index contributed by atoms with van der Waals surface area (Å²) in [5.74, 6) is -0.0796. The van der Waals surface area contributed by atoms with Crippen molar-refractivity contribution in [3.05, 3.63) is 64.5 Å². The number of halogens is 2. The van der Waals surface area contributed by atoms with Crippen molar-refractivity contribution in [1.29, 1.82) is 0 Å². The van der Waals surface area contributed by atoms with Crippen LogP contribution in [-0.4, -0.2) is 25.0 Å². The second-order valence-electron chi connectivity index (χ2n) is 7.85. The summed E-state index contributed by atoms with van der Waals surface area (Å²) in [5.41, 5.74) is 4.83. The highest BCUT2D eigenvalue weighted by molar-refractivity contribution is 6.37. The minimum atomic E-state index is -0.807. The molecule has 1 aromatic carbocycles. The Hall–Kier alpha value is -3.11. The Morgan fingerprint density at radius 1 is 1.16 bits per heavy atom. The van der Waals surface area contributed by atoms with Gasteiger partial charge in [-0.3, -0.25) is 14.6 Å². The van der Waals surface area contributed by atoms with E-state index in [0.29, 0.717) is 17.5 Å². The topological polar surface area (TPSA) is 149 Å². The fourth-order valence-electron chi connectivity index (χ4n) is 3.78. The summed E-state index contributed by atoms with van der Waals surface area (Å²) >= 11 is 12.7. The monoisotopic (exact) mass is 464 g/mol. The molecular formula is C19H18Cl2N6O4. The Labute approximate surface area is 185 Å². The molecule has 1 aliphatic rings. The molecule has 0 atom stereocenters. The Morgan fingerprint density at radius 2 is 1.84 bits per heavy atom. The number of aromatic nitrogens is 5. The lowest BCUT2D eigenvalue weighted by Crippen LogP contribution is -2.33. The van der Waals surface area contributed by atoms with Gasteiger partial charge in [-0.15, -0.1) is 10.2 Å². The van der Waals surface area contributed by atoms with Gasteiger partial charge < -0.3 is 10.5 Å². The average molecular weight is 465 g/mol. The molecule has 0 unspecified atom stereocenters. The van der Waals surface area contributed by atoms with Crippen molar-refractivity contribution in [3.63, 3.8) is 0 Å². The van der Waals surface area contributed by atoms with Crippen LogP contribution in [0.1, 0.15) is 37.8 Å². The van der Waals surface area contributed by atoms with Crippen molar-refractivity contribution in [1.82, 2.24) is 25.0 Å². The molecular weight excluding hydrogens is 447 g/mol. The Bertz CT molecular complexity index is 1350. The number of ether oxygens (including phenoxy) is 1. The quantitative estimate of drug-likeness (QED) is 0.537. The number of nitrogens with one attached hydrogen (secondary N) is 2. The van der Waals surface area contributed by atoms with Gasteiger partial charge in [-0.25, -0.2) is 9.89 Å². The molecule has 3 aromatic rings. The van der Waals surface area contributed by atoms with E-state index in [9.17, 15) is 14.4 Å². The SMILES string of the molecule is CC1(C)CCCc2c(Oc3c(Cl)cc(-n4nc(N)c(=O)[nH]c4=O)cc3Cl)n[nH]c(=O)c21. The number of aromatic amines is 2. The number of H-pyrrole nitrogens is 2. The summed E-state index contributed by atoms with van der Waals surface area (Å²) in [6.45, 7) is 4.00. The zero-order valence-corrected chi connectivity index (χ0v) is 18.1. The van der Waals surface area contributed by atoms with Crippen molar-refractivity contribution < 1.29 is 4.74 Å². The first-order valence-corrected chi connectivity index (χ1v) is 10.1. The van der Waals surface area contributed by atoms with Gasteiger partial charge in [0.1, 0.15) is 0 Å². The molecule has 0 aliphatic heterocycles. The molecule has 0 spiro atoms. The molecule has 10 nitrogen and oxygen atoms in total. The van der Waals surface area contributed by atoms with E-state index in [4.69, 9.17) is 33.7 Å². The van der Waals surface area contributed by atoms with Crippen LogP contribution in [0.5, 0.6) is 11.6 Å². The van der Waals surface area contributed by atoms with Crippen molar-refractivity contribution >= 4 is 29.0 Å². The van der Waals surface area contributed by atoms with E-state index in [-0.39, 0.29) is 44.2 Å². The molecule has 0 saturated carbocycles. The number of nitrogen functional groups attached to an aromatic ring is 1. The number of rotatable bonds is 3. The van der Waals surface area contributed by atoms with Crippen LogP contribution in [0.2, 0.25) is 10.0 Å². The predicted molar refractivity (Wildman–Crippen MR) is 116 cm³/mol. The Kier molecular flexibility index (Phi) is 5.14. The van der Waals surface area contributed by atoms with Gasteiger partial charge in [-0.1, -0.05) is 37.0 Å². The number of benzene rings is 1. The van der Waals surface area contributed by atoms with Crippen LogP contribution >= 0.6 is 23.2 Å². The second kappa shape index (κ2) is 7.54. The molecule has 31 heavy (non-hydrogen) atoms. The molecule has 4 N–H and O–H groups in total. The largest absolute Gasteiger partial charge is 0.434 e. The van der Waals surface area contributed by atoms with Crippen LogP contribution in [0.25, 0.3) is 5.69 Å². The highest BCUT2D eigenvalue weighted by Gasteiger charge is 2.33. The lowest BCUT2D eigenvalue weighted by atomic mass is 9.74. The standard InChI is InChI=1S/C19H18Cl2N6O4/c1-19(2)5-3-4-9-12(19)15(28)24-25-17(9)31-13-10(20)6-8(7-11(13)21)27-18(30)23-16(29)14(22)26-27/h6-7H,3-5H2,1-2H3,(H2,22,26)(H,24,28)(H,23,29,30). The van der Waals surface area contributed by atoms with E-state index < -0.39 is 11.2 Å². The van der Waals surface area contributed by atoms with E-state index in [1.54, 1.807) is 0 Å². The maximum Gasteiger partial charge on any atom is 0.349 e. The number of hydrogen-bond donors (Lipinski definition) is 3. The highest BCUT2D eigenvalue weighted by Crippen LogP contribution is 2.42. The molecule has 2 aromatic heterocycles. The predicted octanol–water partition coefficient (Wildman–Crippen LogP) is 2.30. The van der Waals surface area contributed by atoms with E-state index in [1.165, 1.54) is 12.1 Å². The third-order valence-electron chi connectivity index (χ3n) is 5.23. The van der Waals surface area contributed by atoms with Gasteiger partial charge in [0.2, 0.25) is 11.7 Å². The average Bonchev–Trinajstić information content (AvgIpc) is 2.68. The fourth-order valence-corrected chi connectivity index (χ4v) is 4.34. The zero-order chi connectivity index (χ0) is 22.5. The molecule has 0 radical (unpaired) electrons.